The van der Waals surface area contributed by atoms with Crippen LogP contribution in [0.4, 0.5) is 4.39 Å². The molecule has 0 saturated carbocycles. The van der Waals surface area contributed by atoms with E-state index in [9.17, 15) is 17.6 Å². The van der Waals surface area contributed by atoms with E-state index in [2.05, 4.69) is 5.32 Å². The molecule has 142 valence electrons. The molecule has 0 saturated heterocycles. The average Bonchev–Trinajstić information content (AvgIpc) is 2.97. The van der Waals surface area contributed by atoms with Crippen molar-refractivity contribution in [3.8, 4) is 17.1 Å². The summed E-state index contributed by atoms with van der Waals surface area (Å²) in [5.74, 6) is -0.416. The third-order valence-electron chi connectivity index (χ3n) is 4.07. The molecule has 0 unspecified atom stereocenters. The van der Waals surface area contributed by atoms with Crippen molar-refractivity contribution in [2.24, 2.45) is 0 Å². The summed E-state index contributed by atoms with van der Waals surface area (Å²) in [6.07, 6.45) is 1.12. The largest absolute Gasteiger partial charge is 0.496 e. The fourth-order valence-corrected chi connectivity index (χ4v) is 3.70. The molecule has 0 radical (unpaired) electrons. The second-order valence-electron chi connectivity index (χ2n) is 6.12. The number of halogens is 1. The highest BCUT2D eigenvalue weighted by Gasteiger charge is 2.24. The summed E-state index contributed by atoms with van der Waals surface area (Å²) in [6, 6.07) is 8.69. The first-order chi connectivity index (χ1) is 12.7. The van der Waals surface area contributed by atoms with Gasteiger partial charge in [0.05, 0.1) is 18.4 Å². The van der Waals surface area contributed by atoms with E-state index in [0.29, 0.717) is 27.8 Å². The lowest BCUT2D eigenvalue weighted by Crippen LogP contribution is -2.18. The number of carbonyl (C=O) groups is 1. The van der Waals surface area contributed by atoms with Crippen LogP contribution in [0, 0.1) is 5.82 Å². The molecule has 27 heavy (non-hydrogen) atoms. The molecule has 8 heteroatoms. The van der Waals surface area contributed by atoms with Gasteiger partial charge in [0.1, 0.15) is 22.9 Å². The number of hydrogen-bond donors (Lipinski definition) is 1. The van der Waals surface area contributed by atoms with Crippen LogP contribution in [0.1, 0.15) is 15.9 Å². The SMILES string of the molecule is CNC(=O)c1c(-c2ccc(F)cc2)oc2cc(CS(C)(=O)=O)c(OC)cc12. The maximum absolute atomic E-state index is 13.3. The third-order valence-corrected chi connectivity index (χ3v) is 4.90. The Hall–Kier alpha value is -2.87. The first-order valence-corrected chi connectivity index (χ1v) is 10.1. The van der Waals surface area contributed by atoms with Crippen LogP contribution < -0.4 is 10.1 Å². The number of rotatable bonds is 5. The molecule has 0 aliphatic rings. The Kier molecular flexibility index (Phi) is 4.93. The van der Waals surface area contributed by atoms with Crippen LogP contribution in [0.3, 0.4) is 0 Å². The van der Waals surface area contributed by atoms with Crippen LogP contribution in [-0.2, 0) is 15.6 Å². The lowest BCUT2D eigenvalue weighted by Gasteiger charge is -2.08. The monoisotopic (exact) mass is 391 g/mol. The van der Waals surface area contributed by atoms with Gasteiger partial charge in [0, 0.05) is 29.8 Å². The zero-order valence-electron chi connectivity index (χ0n) is 15.0. The number of benzene rings is 2. The van der Waals surface area contributed by atoms with Gasteiger partial charge in [-0.15, -0.1) is 0 Å². The van der Waals surface area contributed by atoms with Gasteiger partial charge in [0.25, 0.3) is 5.91 Å². The number of methoxy groups -OCH3 is 1. The Morgan fingerprint density at radius 2 is 1.89 bits per heavy atom. The van der Waals surface area contributed by atoms with E-state index >= 15 is 0 Å². The van der Waals surface area contributed by atoms with Crippen LogP contribution in [0.5, 0.6) is 5.75 Å². The number of furan rings is 1. The topological polar surface area (TPSA) is 85.6 Å². The number of amides is 1. The van der Waals surface area contributed by atoms with Crippen LogP contribution >= 0.6 is 0 Å². The number of fused-ring (bicyclic) bond motifs is 1. The number of carbonyl (C=O) groups excluding carboxylic acids is 1. The van der Waals surface area contributed by atoms with Crippen molar-refractivity contribution in [2.75, 3.05) is 20.4 Å². The molecule has 2 aromatic carbocycles. The molecular weight excluding hydrogens is 373 g/mol. The van der Waals surface area contributed by atoms with Crippen molar-refractivity contribution in [3.05, 3.63) is 53.3 Å². The lowest BCUT2D eigenvalue weighted by atomic mass is 10.0. The molecule has 0 aliphatic carbocycles. The summed E-state index contributed by atoms with van der Waals surface area (Å²) in [7, 11) is -0.387. The molecule has 0 fully saturated rings. The quantitative estimate of drug-likeness (QED) is 0.722. The van der Waals surface area contributed by atoms with E-state index in [1.807, 2.05) is 0 Å². The minimum Gasteiger partial charge on any atom is -0.496 e. The zero-order chi connectivity index (χ0) is 19.8. The molecule has 3 aromatic rings. The summed E-state index contributed by atoms with van der Waals surface area (Å²) in [5.41, 5.74) is 1.56. The highest BCUT2D eigenvalue weighted by Crippen LogP contribution is 2.37. The Balaban J connectivity index is 2.30. The van der Waals surface area contributed by atoms with Crippen molar-refractivity contribution in [1.29, 1.82) is 0 Å². The summed E-state index contributed by atoms with van der Waals surface area (Å²) >= 11 is 0. The van der Waals surface area contributed by atoms with Crippen LogP contribution in [0.15, 0.2) is 40.8 Å². The number of hydrogen-bond acceptors (Lipinski definition) is 5. The van der Waals surface area contributed by atoms with Crippen LogP contribution in [-0.4, -0.2) is 34.7 Å². The van der Waals surface area contributed by atoms with Crippen molar-refractivity contribution in [2.45, 2.75) is 5.75 Å². The molecule has 0 bridgehead atoms. The molecule has 1 aromatic heterocycles. The third kappa shape index (κ3) is 3.80. The van der Waals surface area contributed by atoms with E-state index in [0.717, 1.165) is 6.26 Å². The fraction of sp³-hybridized carbons (Fsp3) is 0.211. The molecule has 0 spiro atoms. The van der Waals surface area contributed by atoms with Crippen LogP contribution in [0.25, 0.3) is 22.3 Å². The fourth-order valence-electron chi connectivity index (χ4n) is 2.91. The molecular formula is C19H18FNO5S. The van der Waals surface area contributed by atoms with Crippen molar-refractivity contribution < 1.29 is 26.8 Å². The number of ether oxygens (including phenoxy) is 1. The lowest BCUT2D eigenvalue weighted by molar-refractivity contribution is 0.0964. The van der Waals surface area contributed by atoms with E-state index in [1.165, 1.54) is 38.4 Å². The summed E-state index contributed by atoms with van der Waals surface area (Å²) in [5, 5.41) is 3.04. The molecule has 6 nitrogen and oxygen atoms in total. The van der Waals surface area contributed by atoms with Gasteiger partial charge in [-0.1, -0.05) is 0 Å². The normalized spacial score (nSPS) is 11.6. The summed E-state index contributed by atoms with van der Waals surface area (Å²) < 4.78 is 47.8. The van der Waals surface area contributed by atoms with Gasteiger partial charge in [-0.25, -0.2) is 12.8 Å². The molecule has 3 rings (SSSR count). The second kappa shape index (κ2) is 7.03. The Bertz CT molecular complexity index is 1120. The smallest absolute Gasteiger partial charge is 0.255 e. The van der Waals surface area contributed by atoms with Crippen molar-refractivity contribution >= 4 is 26.7 Å². The summed E-state index contributed by atoms with van der Waals surface area (Å²) in [4.78, 5) is 12.5. The van der Waals surface area contributed by atoms with E-state index < -0.39 is 15.7 Å². The molecule has 1 N–H and O–H groups in total. The van der Waals surface area contributed by atoms with Gasteiger partial charge in [0.15, 0.2) is 9.84 Å². The minimum atomic E-state index is -3.30. The van der Waals surface area contributed by atoms with Gasteiger partial charge in [-0.05, 0) is 36.4 Å². The first-order valence-electron chi connectivity index (χ1n) is 8.02. The van der Waals surface area contributed by atoms with Crippen LogP contribution in [0.2, 0.25) is 0 Å². The van der Waals surface area contributed by atoms with E-state index in [4.69, 9.17) is 9.15 Å². The predicted octanol–water partition coefficient (Wildman–Crippen LogP) is 3.15. The summed E-state index contributed by atoms with van der Waals surface area (Å²) in [6.45, 7) is 0. The number of nitrogens with one attached hydrogen (secondary N) is 1. The van der Waals surface area contributed by atoms with Crippen molar-refractivity contribution in [1.82, 2.24) is 5.32 Å². The second-order valence-corrected chi connectivity index (χ2v) is 8.26. The van der Waals surface area contributed by atoms with Gasteiger partial charge >= 0.3 is 0 Å². The molecule has 0 aliphatic heterocycles. The van der Waals surface area contributed by atoms with Gasteiger partial charge in [0.2, 0.25) is 0 Å². The predicted molar refractivity (Wildman–Crippen MR) is 100 cm³/mol. The first kappa shape index (κ1) is 18.9. The molecule has 1 heterocycles. The Morgan fingerprint density at radius 3 is 2.44 bits per heavy atom. The molecule has 0 atom stereocenters. The van der Waals surface area contributed by atoms with E-state index in [1.54, 1.807) is 12.1 Å². The Labute approximate surface area is 155 Å². The maximum Gasteiger partial charge on any atom is 0.255 e. The maximum atomic E-state index is 13.3. The Morgan fingerprint density at radius 1 is 1.22 bits per heavy atom. The highest BCUT2D eigenvalue weighted by atomic mass is 32.2. The van der Waals surface area contributed by atoms with Gasteiger partial charge < -0.3 is 14.5 Å². The highest BCUT2D eigenvalue weighted by molar-refractivity contribution is 7.89. The standard InChI is InChI=1S/C19H18FNO5S/c1-21-19(22)17-14-9-15(25-2)12(10-27(3,23)24)8-16(14)26-18(17)11-4-6-13(20)7-5-11/h4-9H,10H2,1-3H3,(H,21,22). The minimum absolute atomic E-state index is 0.228. The van der Waals surface area contributed by atoms with Gasteiger partial charge in [-0.3, -0.25) is 4.79 Å². The molecule has 1 amide bonds. The van der Waals surface area contributed by atoms with Gasteiger partial charge in [-0.2, -0.15) is 0 Å². The average molecular weight is 391 g/mol. The zero-order valence-corrected chi connectivity index (χ0v) is 15.8. The van der Waals surface area contributed by atoms with Crippen molar-refractivity contribution in [3.63, 3.8) is 0 Å². The van der Waals surface area contributed by atoms with E-state index in [-0.39, 0.29) is 23.0 Å². The number of sulfone groups is 1.